The van der Waals surface area contributed by atoms with Crippen LogP contribution in [0.2, 0.25) is 0 Å². The molecule has 4 saturated heterocycles. The summed E-state index contributed by atoms with van der Waals surface area (Å²) in [6.07, 6.45) is 4.24. The van der Waals surface area contributed by atoms with Gasteiger partial charge in [0.1, 0.15) is 5.60 Å². The Bertz CT molecular complexity index is 1320. The van der Waals surface area contributed by atoms with E-state index < -0.39 is 5.60 Å². The topological polar surface area (TPSA) is 75.0 Å². The third kappa shape index (κ3) is 3.38. The lowest BCUT2D eigenvalue weighted by atomic mass is 9.63. The maximum absolute atomic E-state index is 11.9. The number of piperazine rings is 1. The van der Waals surface area contributed by atoms with E-state index in [9.17, 15) is 4.79 Å². The van der Waals surface area contributed by atoms with E-state index in [2.05, 4.69) is 71.6 Å². The van der Waals surface area contributed by atoms with Crippen molar-refractivity contribution in [1.29, 1.82) is 0 Å². The van der Waals surface area contributed by atoms with Gasteiger partial charge in [-0.1, -0.05) is 37.3 Å². The summed E-state index contributed by atoms with van der Waals surface area (Å²) in [6, 6.07) is 13.1. The van der Waals surface area contributed by atoms with Crippen molar-refractivity contribution < 1.29 is 9.53 Å². The minimum absolute atomic E-state index is 0.113. The molecule has 5 fully saturated rings. The van der Waals surface area contributed by atoms with Crippen LogP contribution in [-0.4, -0.2) is 71.3 Å². The van der Waals surface area contributed by atoms with Gasteiger partial charge in [0, 0.05) is 44.1 Å². The average Bonchev–Trinajstić information content (AvgIpc) is 3.65. The predicted molar refractivity (Wildman–Crippen MR) is 137 cm³/mol. The van der Waals surface area contributed by atoms with Gasteiger partial charge in [0.05, 0.1) is 25.0 Å². The largest absolute Gasteiger partial charge is 0.369 e. The lowest BCUT2D eigenvalue weighted by Crippen LogP contribution is -2.55. The summed E-state index contributed by atoms with van der Waals surface area (Å²) < 4.78 is 8.35. The van der Waals surface area contributed by atoms with Crippen LogP contribution in [0.25, 0.3) is 5.65 Å². The first-order valence-electron chi connectivity index (χ1n) is 13.2. The quantitative estimate of drug-likeness (QED) is 0.597. The van der Waals surface area contributed by atoms with Crippen molar-refractivity contribution in [2.75, 3.05) is 50.8 Å². The second-order valence-corrected chi connectivity index (χ2v) is 11.5. The van der Waals surface area contributed by atoms with Crippen LogP contribution in [-0.2, 0) is 20.5 Å². The number of nitrogens with one attached hydrogen (secondary N) is 1. The van der Waals surface area contributed by atoms with Crippen molar-refractivity contribution in [3.05, 3.63) is 59.5 Å². The van der Waals surface area contributed by atoms with Gasteiger partial charge in [-0.25, -0.2) is 9.50 Å². The minimum Gasteiger partial charge on any atom is -0.369 e. The highest BCUT2D eigenvalue weighted by Gasteiger charge is 2.64. The van der Waals surface area contributed by atoms with Gasteiger partial charge in [-0.15, -0.1) is 5.10 Å². The molecular formula is C28H34N6O2. The Morgan fingerprint density at radius 3 is 2.89 bits per heavy atom. The van der Waals surface area contributed by atoms with E-state index in [1.54, 1.807) is 0 Å². The highest BCUT2D eigenvalue weighted by Crippen LogP contribution is 2.59. The fourth-order valence-corrected chi connectivity index (χ4v) is 6.98. The Morgan fingerprint density at radius 1 is 1.22 bits per heavy atom. The molecule has 4 aliphatic heterocycles. The molecule has 1 N–H and O–H groups in total. The number of hydrogen-bond acceptors (Lipinski definition) is 6. The first-order valence-corrected chi connectivity index (χ1v) is 13.2. The van der Waals surface area contributed by atoms with Gasteiger partial charge < -0.3 is 15.0 Å². The molecule has 1 aromatic carbocycles. The Balaban J connectivity index is 1.15. The molecule has 2 aromatic heterocycles. The summed E-state index contributed by atoms with van der Waals surface area (Å²) in [5.74, 6) is 1.78. The van der Waals surface area contributed by atoms with Crippen LogP contribution >= 0.6 is 0 Å². The number of aryl methyl sites for hydroxylation is 1. The van der Waals surface area contributed by atoms with E-state index in [1.165, 1.54) is 11.3 Å². The highest BCUT2D eigenvalue weighted by atomic mass is 16.5. The monoisotopic (exact) mass is 486 g/mol. The zero-order valence-corrected chi connectivity index (χ0v) is 21.1. The lowest BCUT2D eigenvalue weighted by molar-refractivity contribution is -0.126. The minimum atomic E-state index is -0.420. The molecule has 8 rings (SSSR count). The summed E-state index contributed by atoms with van der Waals surface area (Å²) in [7, 11) is 0. The number of ether oxygens (including phenoxy) is 1. The molecule has 1 saturated carbocycles. The van der Waals surface area contributed by atoms with Crippen LogP contribution < -0.4 is 10.2 Å². The van der Waals surface area contributed by atoms with Crippen molar-refractivity contribution >= 4 is 17.2 Å². The summed E-state index contributed by atoms with van der Waals surface area (Å²) >= 11 is 0. The van der Waals surface area contributed by atoms with Gasteiger partial charge in [-0.3, -0.25) is 9.69 Å². The van der Waals surface area contributed by atoms with Gasteiger partial charge >= 0.3 is 0 Å². The normalized spacial score (nSPS) is 32.2. The van der Waals surface area contributed by atoms with Gasteiger partial charge in [0.25, 0.3) is 0 Å². The number of nitrogens with zero attached hydrogens (tertiary/aromatic N) is 5. The molecule has 1 amide bonds. The zero-order chi connectivity index (χ0) is 24.5. The molecule has 5 aliphatic rings. The fraction of sp³-hybridized carbons (Fsp3) is 0.536. The third-order valence-corrected chi connectivity index (χ3v) is 9.15. The third-order valence-electron chi connectivity index (χ3n) is 9.15. The van der Waals surface area contributed by atoms with Crippen molar-refractivity contribution in [2.45, 2.75) is 37.7 Å². The Morgan fingerprint density at radius 2 is 2.08 bits per heavy atom. The Labute approximate surface area is 211 Å². The average molecular weight is 487 g/mol. The van der Waals surface area contributed by atoms with Gasteiger partial charge in [0.2, 0.25) is 5.91 Å². The van der Waals surface area contributed by atoms with Crippen LogP contribution in [0.15, 0.2) is 42.6 Å². The van der Waals surface area contributed by atoms with Gasteiger partial charge in [-0.2, -0.15) is 0 Å². The fourth-order valence-electron chi connectivity index (χ4n) is 6.98. The molecule has 0 spiro atoms. The molecule has 8 heteroatoms. The van der Waals surface area contributed by atoms with Gasteiger partial charge in [-0.05, 0) is 42.9 Å². The molecule has 1 aliphatic carbocycles. The number of pyridine rings is 1. The van der Waals surface area contributed by atoms with Crippen molar-refractivity contribution in [2.24, 2.45) is 11.8 Å². The van der Waals surface area contributed by atoms with Gasteiger partial charge in [0.15, 0.2) is 11.5 Å². The Kier molecular flexibility index (Phi) is 4.95. The number of amides is 1. The first kappa shape index (κ1) is 22.2. The molecule has 4 atom stereocenters. The Hall–Kier alpha value is -2.97. The van der Waals surface area contributed by atoms with Crippen molar-refractivity contribution in [3.63, 3.8) is 0 Å². The standard InChI is InChI=1S/C28H34N6O2/c1-19-12-22(33-10-8-27(2,18-33)21-6-4-3-5-7-21)14-34-25(19)30-26(31-34)28-13-20(17-36-28)23(28)15-32-11-9-29-24(35)16-32/h3-7,12,14,20,23H,8-11,13,15-18H2,1-2H3,(H,29,35)/t20?,23?,27-,28?/m0/s1. The number of benzene rings is 1. The molecule has 0 radical (unpaired) electrons. The predicted octanol–water partition coefficient (Wildman–Crippen LogP) is 2.50. The smallest absolute Gasteiger partial charge is 0.234 e. The zero-order valence-electron chi connectivity index (χ0n) is 21.1. The molecule has 3 unspecified atom stereocenters. The second-order valence-electron chi connectivity index (χ2n) is 11.5. The molecule has 3 aromatic rings. The summed E-state index contributed by atoms with van der Waals surface area (Å²) in [5, 5.41) is 7.93. The number of rotatable bonds is 5. The van der Waals surface area contributed by atoms with Crippen molar-refractivity contribution in [3.8, 4) is 0 Å². The maximum atomic E-state index is 11.9. The lowest BCUT2D eigenvalue weighted by Gasteiger charge is -2.45. The van der Waals surface area contributed by atoms with Crippen molar-refractivity contribution in [1.82, 2.24) is 24.8 Å². The number of carbonyl (C=O) groups is 1. The molecular weight excluding hydrogens is 452 g/mol. The molecule has 188 valence electrons. The van der Waals surface area contributed by atoms with E-state index in [4.69, 9.17) is 14.8 Å². The summed E-state index contributed by atoms with van der Waals surface area (Å²) in [4.78, 5) is 21.6. The number of hydrogen-bond donors (Lipinski definition) is 1. The first-order chi connectivity index (χ1) is 17.4. The van der Waals surface area contributed by atoms with E-state index in [-0.39, 0.29) is 11.3 Å². The van der Waals surface area contributed by atoms with Crippen LogP contribution in [0.1, 0.15) is 36.7 Å². The van der Waals surface area contributed by atoms with E-state index in [1.807, 2.05) is 4.52 Å². The van der Waals surface area contributed by atoms with E-state index in [0.717, 1.165) is 69.2 Å². The molecule has 6 heterocycles. The highest BCUT2D eigenvalue weighted by molar-refractivity contribution is 5.78. The number of carbonyl (C=O) groups excluding carboxylic acids is 1. The summed E-state index contributed by atoms with van der Waals surface area (Å²) in [5.41, 5.74) is 4.37. The van der Waals surface area contributed by atoms with Crippen LogP contribution in [0.5, 0.6) is 0 Å². The molecule has 36 heavy (non-hydrogen) atoms. The van der Waals surface area contributed by atoms with E-state index >= 15 is 0 Å². The molecule has 2 bridgehead atoms. The molecule has 8 nitrogen and oxygen atoms in total. The second kappa shape index (κ2) is 8.02. The van der Waals surface area contributed by atoms with Crippen LogP contribution in [0.4, 0.5) is 5.69 Å². The number of fused-ring (bicyclic) bond motifs is 2. The maximum Gasteiger partial charge on any atom is 0.234 e. The van der Waals surface area contributed by atoms with Crippen LogP contribution in [0, 0.1) is 18.8 Å². The van der Waals surface area contributed by atoms with E-state index in [0.29, 0.717) is 18.4 Å². The van der Waals surface area contributed by atoms with Crippen LogP contribution in [0.3, 0.4) is 0 Å². The summed E-state index contributed by atoms with van der Waals surface area (Å²) in [6.45, 7) is 10.2. The SMILES string of the molecule is Cc1cc(N2CC[C@](C)(c3ccccc3)C2)cn2nc(C34CC(CO3)C4CN3CCNC(=O)C3)nc12. The number of anilines is 1. The number of aromatic nitrogens is 3.